The Labute approximate surface area is 111 Å². The summed E-state index contributed by atoms with van der Waals surface area (Å²) in [5.41, 5.74) is 7.97. The van der Waals surface area contributed by atoms with Gasteiger partial charge in [-0.05, 0) is 30.2 Å². The number of rotatable bonds is 2. The zero-order valence-corrected chi connectivity index (χ0v) is 11.0. The third kappa shape index (κ3) is 1.84. The zero-order valence-electron chi connectivity index (χ0n) is 10.2. The van der Waals surface area contributed by atoms with Crippen LogP contribution in [0.4, 0.5) is 11.4 Å². The highest BCUT2D eigenvalue weighted by molar-refractivity contribution is 7.92. The van der Waals surface area contributed by atoms with Crippen LogP contribution in [0, 0.1) is 0 Å². The monoisotopic (exact) mass is 275 g/mol. The Kier molecular flexibility index (Phi) is 2.67. The lowest BCUT2D eigenvalue weighted by Gasteiger charge is -2.20. The smallest absolute Gasteiger partial charge is 0.265 e. The van der Waals surface area contributed by atoms with Crippen molar-refractivity contribution in [3.05, 3.63) is 48.3 Å². The third-order valence-corrected chi connectivity index (χ3v) is 4.99. The van der Waals surface area contributed by atoms with E-state index in [0.29, 0.717) is 24.3 Å². The molecule has 0 atom stereocenters. The lowest BCUT2D eigenvalue weighted by Crippen LogP contribution is -2.29. The fourth-order valence-corrected chi connectivity index (χ4v) is 3.81. The molecule has 1 aliphatic rings. The topological polar surface area (TPSA) is 76.3 Å². The number of hydrogen-bond donors (Lipinski definition) is 1. The van der Waals surface area contributed by atoms with Gasteiger partial charge in [0.05, 0.1) is 11.4 Å². The van der Waals surface area contributed by atoms with Gasteiger partial charge in [-0.15, -0.1) is 0 Å². The van der Waals surface area contributed by atoms with Gasteiger partial charge in [-0.2, -0.15) is 0 Å². The number of nitrogens with zero attached hydrogens (tertiary/aromatic N) is 2. The Balaban J connectivity index is 2.12. The van der Waals surface area contributed by atoms with Crippen molar-refractivity contribution in [1.82, 2.24) is 4.98 Å². The van der Waals surface area contributed by atoms with E-state index in [1.54, 1.807) is 24.4 Å². The summed E-state index contributed by atoms with van der Waals surface area (Å²) < 4.78 is 26.5. The molecule has 98 valence electrons. The van der Waals surface area contributed by atoms with E-state index in [2.05, 4.69) is 4.98 Å². The first-order valence-corrected chi connectivity index (χ1v) is 7.35. The molecule has 19 heavy (non-hydrogen) atoms. The van der Waals surface area contributed by atoms with Crippen molar-refractivity contribution in [1.29, 1.82) is 0 Å². The highest BCUT2D eigenvalue weighted by Crippen LogP contribution is 2.37. The Bertz CT molecular complexity index is 714. The molecule has 1 aromatic heterocycles. The molecule has 3 rings (SSSR count). The molecule has 0 saturated heterocycles. The van der Waals surface area contributed by atoms with E-state index in [4.69, 9.17) is 5.73 Å². The Morgan fingerprint density at radius 3 is 2.79 bits per heavy atom. The lowest BCUT2D eigenvalue weighted by atomic mass is 10.1. The number of benzene rings is 1. The Morgan fingerprint density at radius 2 is 2.05 bits per heavy atom. The number of anilines is 2. The summed E-state index contributed by atoms with van der Waals surface area (Å²) in [6.45, 7) is 0.417. The van der Waals surface area contributed by atoms with E-state index in [-0.39, 0.29) is 4.90 Å². The number of pyridine rings is 1. The standard InChI is InChI=1S/C13H13N3O2S/c14-12-5-1-3-10-6-8-16(13(10)12)19(17,18)11-4-2-7-15-9-11/h1-5,7,9H,6,8,14H2. The van der Waals surface area contributed by atoms with Gasteiger partial charge in [0.2, 0.25) is 0 Å². The van der Waals surface area contributed by atoms with Crippen molar-refractivity contribution < 1.29 is 8.42 Å². The molecule has 2 N–H and O–H groups in total. The van der Waals surface area contributed by atoms with Crippen molar-refractivity contribution in [3.63, 3.8) is 0 Å². The number of nitrogen functional groups attached to an aromatic ring is 1. The number of fused-ring (bicyclic) bond motifs is 1. The van der Waals surface area contributed by atoms with Crippen LogP contribution in [0.15, 0.2) is 47.6 Å². The molecule has 0 fully saturated rings. The summed E-state index contributed by atoms with van der Waals surface area (Å²) >= 11 is 0. The van der Waals surface area contributed by atoms with Gasteiger partial charge in [-0.3, -0.25) is 9.29 Å². The second-order valence-corrected chi connectivity index (χ2v) is 6.23. The predicted molar refractivity (Wildman–Crippen MR) is 73.3 cm³/mol. The minimum Gasteiger partial charge on any atom is -0.397 e. The van der Waals surface area contributed by atoms with E-state index in [1.807, 2.05) is 12.1 Å². The van der Waals surface area contributed by atoms with Gasteiger partial charge in [0.1, 0.15) is 4.90 Å². The average Bonchev–Trinajstić information content (AvgIpc) is 2.86. The molecule has 2 heterocycles. The fourth-order valence-electron chi connectivity index (χ4n) is 2.32. The van der Waals surface area contributed by atoms with Gasteiger partial charge in [0.25, 0.3) is 10.0 Å². The van der Waals surface area contributed by atoms with E-state index in [9.17, 15) is 8.42 Å². The molecule has 0 aliphatic carbocycles. The summed E-state index contributed by atoms with van der Waals surface area (Å²) in [5.74, 6) is 0. The quantitative estimate of drug-likeness (QED) is 0.841. The summed E-state index contributed by atoms with van der Waals surface area (Å²) in [6, 6.07) is 8.62. The number of sulfonamides is 1. The molecule has 0 radical (unpaired) electrons. The van der Waals surface area contributed by atoms with Gasteiger partial charge in [0.15, 0.2) is 0 Å². The Morgan fingerprint density at radius 1 is 1.21 bits per heavy atom. The molecule has 0 saturated carbocycles. The van der Waals surface area contributed by atoms with E-state index < -0.39 is 10.0 Å². The molecular formula is C13H13N3O2S. The van der Waals surface area contributed by atoms with Crippen LogP contribution in [0.5, 0.6) is 0 Å². The lowest BCUT2D eigenvalue weighted by molar-refractivity contribution is 0.592. The van der Waals surface area contributed by atoms with Crippen molar-refractivity contribution in [2.45, 2.75) is 11.3 Å². The molecule has 1 aromatic carbocycles. The van der Waals surface area contributed by atoms with Crippen LogP contribution < -0.4 is 10.0 Å². The van der Waals surface area contributed by atoms with E-state index in [0.717, 1.165) is 5.56 Å². The van der Waals surface area contributed by atoms with Crippen LogP contribution in [0.3, 0.4) is 0 Å². The molecule has 2 aromatic rings. The normalized spacial score (nSPS) is 14.4. The molecule has 0 bridgehead atoms. The van der Waals surface area contributed by atoms with E-state index >= 15 is 0 Å². The van der Waals surface area contributed by atoms with Crippen LogP contribution in [-0.4, -0.2) is 19.9 Å². The molecule has 1 aliphatic heterocycles. The molecule has 0 amide bonds. The molecular weight excluding hydrogens is 262 g/mol. The molecule has 5 nitrogen and oxygen atoms in total. The van der Waals surface area contributed by atoms with Gasteiger partial charge in [-0.1, -0.05) is 12.1 Å². The largest absolute Gasteiger partial charge is 0.397 e. The van der Waals surface area contributed by atoms with Crippen LogP contribution in [0.2, 0.25) is 0 Å². The molecule has 0 unspecified atom stereocenters. The summed E-state index contributed by atoms with van der Waals surface area (Å²) in [6.07, 6.45) is 3.58. The van der Waals surface area contributed by atoms with Gasteiger partial charge < -0.3 is 5.73 Å². The zero-order chi connectivity index (χ0) is 13.5. The number of aromatic nitrogens is 1. The number of hydrogen-bond acceptors (Lipinski definition) is 4. The van der Waals surface area contributed by atoms with Crippen LogP contribution in [0.1, 0.15) is 5.56 Å². The SMILES string of the molecule is Nc1cccc2c1N(S(=O)(=O)c1cccnc1)CC2. The minimum atomic E-state index is -3.58. The maximum Gasteiger partial charge on any atom is 0.265 e. The first-order chi connectivity index (χ1) is 9.10. The second kappa shape index (κ2) is 4.24. The van der Waals surface area contributed by atoms with Gasteiger partial charge in [-0.25, -0.2) is 8.42 Å². The van der Waals surface area contributed by atoms with Crippen molar-refractivity contribution >= 4 is 21.4 Å². The first kappa shape index (κ1) is 12.0. The summed E-state index contributed by atoms with van der Waals surface area (Å²) in [4.78, 5) is 4.05. The number of nitrogens with two attached hydrogens (primary N) is 1. The van der Waals surface area contributed by atoms with Crippen molar-refractivity contribution in [2.75, 3.05) is 16.6 Å². The average molecular weight is 275 g/mol. The number of para-hydroxylation sites is 1. The fraction of sp³-hybridized carbons (Fsp3) is 0.154. The van der Waals surface area contributed by atoms with Crippen LogP contribution in [0.25, 0.3) is 0 Å². The highest BCUT2D eigenvalue weighted by atomic mass is 32.2. The highest BCUT2D eigenvalue weighted by Gasteiger charge is 2.32. The van der Waals surface area contributed by atoms with Gasteiger partial charge in [0, 0.05) is 18.9 Å². The van der Waals surface area contributed by atoms with E-state index in [1.165, 1.54) is 10.5 Å². The van der Waals surface area contributed by atoms with Crippen LogP contribution >= 0.6 is 0 Å². The Hall–Kier alpha value is -2.08. The first-order valence-electron chi connectivity index (χ1n) is 5.91. The van der Waals surface area contributed by atoms with Crippen molar-refractivity contribution in [2.24, 2.45) is 0 Å². The summed E-state index contributed by atoms with van der Waals surface area (Å²) in [5, 5.41) is 0. The molecule has 6 heteroatoms. The molecule has 0 spiro atoms. The third-order valence-electron chi connectivity index (χ3n) is 3.21. The maximum atomic E-state index is 12.6. The maximum absolute atomic E-state index is 12.6. The van der Waals surface area contributed by atoms with Crippen molar-refractivity contribution in [3.8, 4) is 0 Å². The van der Waals surface area contributed by atoms with Gasteiger partial charge >= 0.3 is 0 Å². The summed E-state index contributed by atoms with van der Waals surface area (Å²) in [7, 11) is -3.58. The van der Waals surface area contributed by atoms with Crippen LogP contribution in [-0.2, 0) is 16.4 Å². The predicted octanol–water partition coefficient (Wildman–Crippen LogP) is 1.42. The minimum absolute atomic E-state index is 0.186. The second-order valence-electron chi connectivity index (χ2n) is 4.37.